The zero-order valence-corrected chi connectivity index (χ0v) is 21.7. The lowest BCUT2D eigenvalue weighted by molar-refractivity contribution is -0.111. The van der Waals surface area contributed by atoms with E-state index >= 15 is 0 Å². The maximum Gasteiger partial charge on any atom is 0.178 e. The van der Waals surface area contributed by atoms with Gasteiger partial charge in [0.25, 0.3) is 0 Å². The molecule has 5 rings (SSSR count). The molecule has 0 radical (unpaired) electrons. The van der Waals surface area contributed by atoms with Crippen molar-refractivity contribution in [3.05, 3.63) is 59.7 Å². The van der Waals surface area contributed by atoms with E-state index in [-0.39, 0.29) is 17.6 Å². The van der Waals surface area contributed by atoms with Crippen molar-refractivity contribution in [2.75, 3.05) is 0 Å². The highest BCUT2D eigenvalue weighted by Gasteiger charge is 2.72. The van der Waals surface area contributed by atoms with E-state index in [1.165, 1.54) is 0 Å². The van der Waals surface area contributed by atoms with Crippen LogP contribution in [0.4, 0.5) is 0 Å². The number of halogens is 2. The first kappa shape index (κ1) is 23.0. The van der Waals surface area contributed by atoms with Gasteiger partial charge in [-0.2, -0.15) is 0 Å². The zero-order chi connectivity index (χ0) is 22.9. The number of alkyl halides is 2. The van der Waals surface area contributed by atoms with Gasteiger partial charge in [0, 0.05) is 21.6 Å². The number of fused-ring (bicyclic) bond motifs is 5. The monoisotopic (exact) mass is 536 g/mol. The van der Waals surface area contributed by atoms with Gasteiger partial charge in [-0.05, 0) is 61.7 Å². The molecule has 3 nitrogen and oxygen atoms in total. The lowest BCUT2D eigenvalue weighted by atomic mass is 9.47. The Morgan fingerprint density at radius 1 is 1.19 bits per heavy atom. The van der Waals surface area contributed by atoms with Gasteiger partial charge >= 0.3 is 0 Å². The Hall–Kier alpha value is -0.750. The minimum absolute atomic E-state index is 0.0270. The van der Waals surface area contributed by atoms with Crippen molar-refractivity contribution in [2.24, 2.45) is 22.7 Å². The number of benzene rings is 1. The van der Waals surface area contributed by atoms with Gasteiger partial charge in [-0.1, -0.05) is 71.8 Å². The van der Waals surface area contributed by atoms with Crippen LogP contribution in [0.15, 0.2) is 54.1 Å². The molecule has 3 saturated carbocycles. The van der Waals surface area contributed by atoms with Crippen LogP contribution < -0.4 is 0 Å². The number of carbonyl (C=O) groups is 1. The van der Waals surface area contributed by atoms with Gasteiger partial charge < -0.3 is 5.11 Å². The summed E-state index contributed by atoms with van der Waals surface area (Å²) in [7, 11) is -1.26. The molecule has 172 valence electrons. The SMILES string of the molecule is C[C@]12C=CC(=O)C=C1CC[C@@H]1[C@@H]3CC[C@](Cl)([S@](=O)Cc4ccccc4)[C@@]3(C)C[C@H](O)[C@@]12Br. The Labute approximate surface area is 206 Å². The highest BCUT2D eigenvalue weighted by molar-refractivity contribution is 9.10. The third-order valence-corrected chi connectivity index (χ3v) is 14.2. The largest absolute Gasteiger partial charge is 0.392 e. The highest BCUT2D eigenvalue weighted by atomic mass is 79.9. The van der Waals surface area contributed by atoms with Crippen LogP contribution in [0, 0.1) is 22.7 Å². The van der Waals surface area contributed by atoms with Crippen molar-refractivity contribution >= 4 is 44.1 Å². The minimum Gasteiger partial charge on any atom is -0.392 e. The molecule has 32 heavy (non-hydrogen) atoms. The summed E-state index contributed by atoms with van der Waals surface area (Å²) in [6.45, 7) is 4.30. The summed E-state index contributed by atoms with van der Waals surface area (Å²) < 4.78 is 12.3. The summed E-state index contributed by atoms with van der Waals surface area (Å²) >= 11 is 11.4. The Kier molecular flexibility index (Phi) is 5.49. The lowest BCUT2D eigenvalue weighted by Gasteiger charge is -2.64. The second-order valence-electron chi connectivity index (χ2n) is 10.5. The van der Waals surface area contributed by atoms with Gasteiger partial charge in [-0.3, -0.25) is 9.00 Å². The van der Waals surface area contributed by atoms with Gasteiger partial charge in [0.05, 0.1) is 16.2 Å². The molecule has 1 aromatic carbocycles. The summed E-state index contributed by atoms with van der Waals surface area (Å²) in [5, 5.41) is 11.7. The first-order valence-electron chi connectivity index (χ1n) is 11.5. The summed E-state index contributed by atoms with van der Waals surface area (Å²) in [5.41, 5.74) is 1.27. The average molecular weight is 538 g/mol. The zero-order valence-electron chi connectivity index (χ0n) is 18.5. The van der Waals surface area contributed by atoms with Crippen molar-refractivity contribution in [3.63, 3.8) is 0 Å². The summed E-state index contributed by atoms with van der Waals surface area (Å²) in [4.78, 5) is 12.1. The predicted molar refractivity (Wildman–Crippen MR) is 133 cm³/mol. The normalized spacial score (nSPS) is 46.1. The fraction of sp³-hybridized carbons (Fsp3) is 0.577. The topological polar surface area (TPSA) is 54.4 Å². The Morgan fingerprint density at radius 3 is 2.62 bits per heavy atom. The van der Waals surface area contributed by atoms with E-state index < -0.39 is 36.3 Å². The Morgan fingerprint density at radius 2 is 1.91 bits per heavy atom. The second kappa shape index (κ2) is 7.63. The maximum absolute atomic E-state index is 13.7. The van der Waals surface area contributed by atoms with Gasteiger partial charge in [0.1, 0.15) is 4.21 Å². The second-order valence-corrected chi connectivity index (χ2v) is 14.4. The molecule has 0 aromatic heterocycles. The Bertz CT molecular complexity index is 1040. The molecule has 0 bridgehead atoms. The van der Waals surface area contributed by atoms with E-state index in [1.807, 2.05) is 36.4 Å². The summed E-state index contributed by atoms with van der Waals surface area (Å²) in [5.74, 6) is 0.902. The summed E-state index contributed by atoms with van der Waals surface area (Å²) in [6.07, 6.45) is 8.56. The van der Waals surface area contributed by atoms with Gasteiger partial charge in [0.2, 0.25) is 0 Å². The van der Waals surface area contributed by atoms with E-state index in [2.05, 4.69) is 29.8 Å². The third kappa shape index (κ3) is 2.93. The standard InChI is InChI=1S/C26H30BrClO3S/c1-23-12-10-19(29)14-18(23)8-9-21-20-11-13-25(28,24(20,2)15-22(30)26(21,23)27)32(31)16-17-6-4-3-5-7-17/h3-7,10,12,14,20-22,30H,8-9,11,13,15-16H2,1-2H3/t20-,21+,22-,23-,24-,25-,26-,32+/m0/s1. The van der Waals surface area contributed by atoms with E-state index in [1.54, 1.807) is 12.2 Å². The minimum atomic E-state index is -1.26. The third-order valence-electron chi connectivity index (χ3n) is 9.16. The molecule has 3 fully saturated rings. The first-order valence-corrected chi connectivity index (χ1v) is 14.0. The van der Waals surface area contributed by atoms with Crippen LogP contribution in [0.5, 0.6) is 0 Å². The number of carbonyl (C=O) groups excluding carboxylic acids is 1. The Balaban J connectivity index is 1.51. The molecule has 6 heteroatoms. The number of allylic oxidation sites excluding steroid dienone is 4. The number of aliphatic hydroxyl groups is 1. The molecule has 0 aliphatic heterocycles. The van der Waals surface area contributed by atoms with Crippen molar-refractivity contribution in [1.82, 2.24) is 0 Å². The van der Waals surface area contributed by atoms with Crippen LogP contribution >= 0.6 is 27.5 Å². The van der Waals surface area contributed by atoms with Crippen LogP contribution in [0.3, 0.4) is 0 Å². The van der Waals surface area contributed by atoms with Crippen LogP contribution in [0.2, 0.25) is 0 Å². The van der Waals surface area contributed by atoms with Crippen LogP contribution in [-0.4, -0.2) is 29.7 Å². The molecule has 0 amide bonds. The molecular weight excluding hydrogens is 508 g/mol. The molecule has 1 N–H and O–H groups in total. The first-order chi connectivity index (χ1) is 15.1. The van der Waals surface area contributed by atoms with Crippen LogP contribution in [-0.2, 0) is 21.3 Å². The molecular formula is C26H30BrClO3S. The molecule has 0 unspecified atom stereocenters. The van der Waals surface area contributed by atoms with Crippen LogP contribution in [0.25, 0.3) is 0 Å². The van der Waals surface area contributed by atoms with E-state index in [0.29, 0.717) is 18.6 Å². The number of hydrogen-bond donors (Lipinski definition) is 1. The van der Waals surface area contributed by atoms with Gasteiger partial charge in [-0.15, -0.1) is 11.6 Å². The van der Waals surface area contributed by atoms with Crippen LogP contribution in [0.1, 0.15) is 51.5 Å². The lowest BCUT2D eigenvalue weighted by Crippen LogP contribution is -2.67. The summed E-state index contributed by atoms with van der Waals surface area (Å²) in [6, 6.07) is 9.89. The van der Waals surface area contributed by atoms with Crippen molar-refractivity contribution in [2.45, 2.75) is 66.3 Å². The molecule has 0 saturated heterocycles. The molecule has 8 atom stereocenters. The molecule has 4 aliphatic rings. The molecule has 0 heterocycles. The average Bonchev–Trinajstić information content (AvgIpc) is 3.02. The molecule has 4 aliphatic carbocycles. The smallest absolute Gasteiger partial charge is 0.178 e. The number of aliphatic hydroxyl groups excluding tert-OH is 1. The van der Waals surface area contributed by atoms with Gasteiger partial charge in [0.15, 0.2) is 5.78 Å². The fourth-order valence-electron chi connectivity index (χ4n) is 7.36. The quantitative estimate of drug-likeness (QED) is 0.506. The van der Waals surface area contributed by atoms with E-state index in [9.17, 15) is 14.1 Å². The molecule has 1 aromatic rings. The van der Waals surface area contributed by atoms with Crippen molar-refractivity contribution in [1.29, 1.82) is 0 Å². The number of hydrogen-bond acceptors (Lipinski definition) is 3. The predicted octanol–water partition coefficient (Wildman–Crippen LogP) is 5.67. The maximum atomic E-state index is 13.7. The van der Waals surface area contributed by atoms with Gasteiger partial charge in [-0.25, -0.2) is 0 Å². The highest BCUT2D eigenvalue weighted by Crippen LogP contribution is 2.72. The van der Waals surface area contributed by atoms with E-state index in [0.717, 1.165) is 30.4 Å². The fourth-order valence-corrected chi connectivity index (χ4v) is 10.8. The van der Waals surface area contributed by atoms with Crippen molar-refractivity contribution in [3.8, 4) is 0 Å². The number of rotatable bonds is 3. The molecule has 0 spiro atoms. The van der Waals surface area contributed by atoms with E-state index in [4.69, 9.17) is 11.6 Å². The number of ketones is 1. The van der Waals surface area contributed by atoms with Crippen molar-refractivity contribution < 1.29 is 14.1 Å².